The number of hydrogen-bond acceptors (Lipinski definition) is 3. The first-order valence-electron chi connectivity index (χ1n) is 6.75. The number of hydrogen-bond donors (Lipinski definition) is 2. The molecule has 1 saturated carbocycles. The van der Waals surface area contributed by atoms with Crippen LogP contribution >= 0.6 is 0 Å². The fourth-order valence-corrected chi connectivity index (χ4v) is 2.67. The molecule has 0 radical (unpaired) electrons. The topological polar surface area (TPSA) is 47.3 Å². The molecule has 3 N–H and O–H groups in total. The fourth-order valence-electron chi connectivity index (χ4n) is 2.67. The molecule has 1 aromatic rings. The fraction of sp³-hybridized carbons (Fsp3) is 0.571. The minimum absolute atomic E-state index is 0.190. The summed E-state index contributed by atoms with van der Waals surface area (Å²) in [6, 6.07) is 2.19. The highest BCUT2D eigenvalue weighted by molar-refractivity contribution is 5.68. The average molecular weight is 288 g/mol. The highest BCUT2D eigenvalue weighted by atomic mass is 19.3. The minimum atomic E-state index is -3.06. The van der Waals surface area contributed by atoms with Crippen molar-refractivity contribution >= 4 is 11.4 Å². The van der Waals surface area contributed by atoms with Crippen molar-refractivity contribution in [3.8, 4) is 5.75 Å². The number of alkyl halides is 2. The summed E-state index contributed by atoms with van der Waals surface area (Å²) in [5.74, 6) is -0.223. The van der Waals surface area contributed by atoms with Crippen LogP contribution < -0.4 is 15.8 Å². The number of nitrogens with one attached hydrogen (secondary N) is 1. The van der Waals surface area contributed by atoms with Gasteiger partial charge in [0.1, 0.15) is 0 Å². The molecule has 0 spiro atoms. The lowest BCUT2D eigenvalue weighted by Crippen LogP contribution is -2.17. The number of nitrogen functional groups attached to an aromatic ring is 1. The Bertz CT molecular complexity index is 468. The maximum atomic E-state index is 13.4. The zero-order valence-corrected chi connectivity index (χ0v) is 11.3. The molecule has 2 unspecified atom stereocenters. The second-order valence-corrected chi connectivity index (χ2v) is 5.30. The van der Waals surface area contributed by atoms with Crippen molar-refractivity contribution in [2.75, 3.05) is 17.6 Å². The van der Waals surface area contributed by atoms with Crippen molar-refractivity contribution in [2.24, 2.45) is 11.8 Å². The van der Waals surface area contributed by atoms with E-state index in [0.29, 0.717) is 24.1 Å². The van der Waals surface area contributed by atoms with E-state index in [4.69, 9.17) is 5.73 Å². The molecule has 0 aliphatic heterocycles. The predicted octanol–water partition coefficient (Wildman–Crippen LogP) is 3.86. The number of rotatable bonds is 5. The monoisotopic (exact) mass is 288 g/mol. The van der Waals surface area contributed by atoms with E-state index in [-0.39, 0.29) is 5.69 Å². The van der Waals surface area contributed by atoms with Gasteiger partial charge in [-0.25, -0.2) is 4.39 Å². The van der Waals surface area contributed by atoms with Gasteiger partial charge in [-0.2, -0.15) is 8.78 Å². The maximum absolute atomic E-state index is 13.4. The molecule has 0 bridgehead atoms. The number of nitrogens with two attached hydrogens (primary N) is 1. The summed E-state index contributed by atoms with van der Waals surface area (Å²) in [5.41, 5.74) is 6.32. The normalized spacial score (nSPS) is 22.2. The lowest BCUT2D eigenvalue weighted by molar-refractivity contribution is -0.0521. The van der Waals surface area contributed by atoms with Gasteiger partial charge in [0.05, 0.1) is 11.4 Å². The van der Waals surface area contributed by atoms with E-state index >= 15 is 0 Å². The van der Waals surface area contributed by atoms with E-state index in [1.54, 1.807) is 0 Å². The zero-order chi connectivity index (χ0) is 14.7. The SMILES string of the molecule is CC1CCCC1CNc1cc(OC(F)F)c(F)cc1N. The summed E-state index contributed by atoms with van der Waals surface area (Å²) in [5, 5.41) is 3.11. The number of benzene rings is 1. The molecule has 1 aliphatic rings. The van der Waals surface area contributed by atoms with Crippen molar-refractivity contribution < 1.29 is 17.9 Å². The van der Waals surface area contributed by atoms with Gasteiger partial charge in [0.2, 0.25) is 0 Å². The molecule has 0 aromatic heterocycles. The van der Waals surface area contributed by atoms with Crippen LogP contribution in [-0.4, -0.2) is 13.2 Å². The molecule has 0 saturated heterocycles. The van der Waals surface area contributed by atoms with Gasteiger partial charge in [0, 0.05) is 18.7 Å². The standard InChI is InChI=1S/C14H19F3N2O/c1-8-3-2-4-9(8)7-19-12-6-13(20-14(16)17)10(15)5-11(12)18/h5-6,8-9,14,19H,2-4,7,18H2,1H3. The molecule has 0 heterocycles. The van der Waals surface area contributed by atoms with Crippen molar-refractivity contribution in [3.63, 3.8) is 0 Å². The van der Waals surface area contributed by atoms with E-state index in [1.165, 1.54) is 18.9 Å². The second kappa shape index (κ2) is 6.24. The second-order valence-electron chi connectivity index (χ2n) is 5.30. The Kier molecular flexibility index (Phi) is 4.62. The summed E-state index contributed by atoms with van der Waals surface area (Å²) >= 11 is 0. The van der Waals surface area contributed by atoms with Gasteiger partial charge in [0.15, 0.2) is 11.6 Å². The van der Waals surface area contributed by atoms with E-state index < -0.39 is 18.2 Å². The Balaban J connectivity index is 2.06. The average Bonchev–Trinajstić information content (AvgIpc) is 2.76. The largest absolute Gasteiger partial charge is 0.432 e. The van der Waals surface area contributed by atoms with Crippen LogP contribution in [-0.2, 0) is 0 Å². The lowest BCUT2D eigenvalue weighted by atomic mass is 9.98. The molecule has 1 aliphatic carbocycles. The van der Waals surface area contributed by atoms with Crippen LogP contribution in [0.1, 0.15) is 26.2 Å². The van der Waals surface area contributed by atoms with Crippen molar-refractivity contribution in [1.82, 2.24) is 0 Å². The predicted molar refractivity (Wildman–Crippen MR) is 72.4 cm³/mol. The van der Waals surface area contributed by atoms with Crippen LogP contribution in [0.4, 0.5) is 24.5 Å². The first-order chi connectivity index (χ1) is 9.47. The summed E-state index contributed by atoms with van der Waals surface area (Å²) in [6.45, 7) is -0.167. The van der Waals surface area contributed by atoms with Crippen LogP contribution in [0.3, 0.4) is 0 Å². The van der Waals surface area contributed by atoms with Crippen LogP contribution in [0.2, 0.25) is 0 Å². The molecule has 6 heteroatoms. The third-order valence-electron chi connectivity index (χ3n) is 3.91. The molecule has 112 valence electrons. The molecular formula is C14H19F3N2O. The summed E-state index contributed by atoms with van der Waals surface area (Å²) in [6.07, 6.45) is 3.53. The Labute approximate surface area is 116 Å². The quantitative estimate of drug-likeness (QED) is 0.809. The van der Waals surface area contributed by atoms with Gasteiger partial charge >= 0.3 is 6.61 Å². The van der Waals surface area contributed by atoms with Gasteiger partial charge in [0.25, 0.3) is 0 Å². The number of halogens is 3. The van der Waals surface area contributed by atoms with Gasteiger partial charge in [-0.15, -0.1) is 0 Å². The van der Waals surface area contributed by atoms with E-state index in [2.05, 4.69) is 17.0 Å². The molecule has 1 aromatic carbocycles. The Morgan fingerprint density at radius 2 is 2.15 bits per heavy atom. The van der Waals surface area contributed by atoms with Crippen molar-refractivity contribution in [2.45, 2.75) is 32.8 Å². The lowest BCUT2D eigenvalue weighted by Gasteiger charge is -2.18. The van der Waals surface area contributed by atoms with Crippen molar-refractivity contribution in [3.05, 3.63) is 17.9 Å². The highest BCUT2D eigenvalue weighted by Crippen LogP contribution is 2.33. The smallest absolute Gasteiger partial charge is 0.387 e. The molecule has 2 atom stereocenters. The van der Waals surface area contributed by atoms with Gasteiger partial charge in [-0.1, -0.05) is 19.8 Å². The van der Waals surface area contributed by atoms with Crippen LogP contribution in [0.5, 0.6) is 5.75 Å². The van der Waals surface area contributed by atoms with Crippen LogP contribution in [0, 0.1) is 17.7 Å². The van der Waals surface area contributed by atoms with Gasteiger partial charge < -0.3 is 15.8 Å². The van der Waals surface area contributed by atoms with Crippen LogP contribution in [0.15, 0.2) is 12.1 Å². The Morgan fingerprint density at radius 1 is 1.40 bits per heavy atom. The summed E-state index contributed by atoms with van der Waals surface area (Å²) in [7, 11) is 0. The highest BCUT2D eigenvalue weighted by Gasteiger charge is 2.23. The molecule has 1 fully saturated rings. The van der Waals surface area contributed by atoms with E-state index in [0.717, 1.165) is 12.5 Å². The molecule has 20 heavy (non-hydrogen) atoms. The summed E-state index contributed by atoms with van der Waals surface area (Å²) in [4.78, 5) is 0. The number of ether oxygens (including phenoxy) is 1. The summed E-state index contributed by atoms with van der Waals surface area (Å²) < 4.78 is 41.9. The number of anilines is 2. The van der Waals surface area contributed by atoms with Crippen LogP contribution in [0.25, 0.3) is 0 Å². The molecule has 0 amide bonds. The first-order valence-corrected chi connectivity index (χ1v) is 6.75. The maximum Gasteiger partial charge on any atom is 0.387 e. The van der Waals surface area contributed by atoms with E-state index in [9.17, 15) is 13.2 Å². The minimum Gasteiger partial charge on any atom is -0.432 e. The molecule has 3 nitrogen and oxygen atoms in total. The Morgan fingerprint density at radius 3 is 2.75 bits per heavy atom. The third-order valence-corrected chi connectivity index (χ3v) is 3.91. The third kappa shape index (κ3) is 3.49. The van der Waals surface area contributed by atoms with E-state index in [1.807, 2.05) is 0 Å². The van der Waals surface area contributed by atoms with Gasteiger partial charge in [-0.05, 0) is 18.3 Å². The Hall–Kier alpha value is -1.59. The van der Waals surface area contributed by atoms with Crippen molar-refractivity contribution in [1.29, 1.82) is 0 Å². The van der Waals surface area contributed by atoms with Gasteiger partial charge in [-0.3, -0.25) is 0 Å². The molecule has 2 rings (SSSR count). The zero-order valence-electron chi connectivity index (χ0n) is 11.3. The molecular weight excluding hydrogens is 269 g/mol. The first kappa shape index (κ1) is 14.8.